The lowest BCUT2D eigenvalue weighted by atomic mass is 10.0. The molecule has 0 saturated carbocycles. The van der Waals surface area contributed by atoms with Gasteiger partial charge in [-0.2, -0.15) is 0 Å². The summed E-state index contributed by atoms with van der Waals surface area (Å²) < 4.78 is 54.7. The van der Waals surface area contributed by atoms with Crippen LogP contribution in [0.15, 0.2) is 34.1 Å². The second-order valence-corrected chi connectivity index (χ2v) is 10.7. The molecule has 0 heterocycles. The quantitative estimate of drug-likeness (QED) is 0.820. The standard InChI is InChI=1S/C19H26N2O4S2/c1-12-8-9-17(27(24,25)21(6)7)11-18(12)20-26(22,23)19-15(4)13(2)10-14(3)16(19)5/h8-11,20H,1-7H3. The number of rotatable bonds is 5. The lowest BCUT2D eigenvalue weighted by Crippen LogP contribution is -2.23. The van der Waals surface area contributed by atoms with E-state index in [0.29, 0.717) is 16.7 Å². The lowest BCUT2D eigenvalue weighted by Gasteiger charge is -2.18. The molecule has 0 aliphatic heterocycles. The molecule has 0 fully saturated rings. The van der Waals surface area contributed by atoms with Gasteiger partial charge in [0.2, 0.25) is 10.0 Å². The molecule has 0 aliphatic carbocycles. The van der Waals surface area contributed by atoms with Crippen molar-refractivity contribution in [3.05, 3.63) is 52.1 Å². The summed E-state index contributed by atoms with van der Waals surface area (Å²) in [5.74, 6) is 0. The minimum Gasteiger partial charge on any atom is -0.279 e. The minimum absolute atomic E-state index is 0.0321. The van der Waals surface area contributed by atoms with Crippen LogP contribution < -0.4 is 4.72 Å². The van der Waals surface area contributed by atoms with E-state index in [1.807, 2.05) is 19.9 Å². The Labute approximate surface area is 162 Å². The van der Waals surface area contributed by atoms with Crippen molar-refractivity contribution in [3.8, 4) is 0 Å². The molecule has 0 aliphatic rings. The van der Waals surface area contributed by atoms with Crippen LogP contribution in [-0.4, -0.2) is 35.2 Å². The van der Waals surface area contributed by atoms with Crippen LogP contribution in [0.3, 0.4) is 0 Å². The Morgan fingerprint density at radius 3 is 1.78 bits per heavy atom. The highest BCUT2D eigenvalue weighted by atomic mass is 32.2. The van der Waals surface area contributed by atoms with Crippen LogP contribution in [0.2, 0.25) is 0 Å². The van der Waals surface area contributed by atoms with Gasteiger partial charge in [-0.05, 0) is 74.6 Å². The Kier molecular flexibility index (Phi) is 5.75. The van der Waals surface area contributed by atoms with Crippen molar-refractivity contribution in [1.82, 2.24) is 4.31 Å². The molecule has 2 aromatic carbocycles. The number of nitrogens with zero attached hydrogens (tertiary/aromatic N) is 1. The second kappa shape index (κ2) is 7.26. The van der Waals surface area contributed by atoms with Crippen LogP contribution in [0.5, 0.6) is 0 Å². The number of hydrogen-bond acceptors (Lipinski definition) is 4. The normalized spacial score (nSPS) is 12.4. The van der Waals surface area contributed by atoms with Gasteiger partial charge >= 0.3 is 0 Å². The number of hydrogen-bond donors (Lipinski definition) is 1. The monoisotopic (exact) mass is 410 g/mol. The lowest BCUT2D eigenvalue weighted by molar-refractivity contribution is 0.520. The Balaban J connectivity index is 2.61. The zero-order chi connectivity index (χ0) is 20.7. The van der Waals surface area contributed by atoms with Crippen molar-refractivity contribution in [3.63, 3.8) is 0 Å². The molecule has 0 saturated heterocycles. The van der Waals surface area contributed by atoms with Crippen molar-refractivity contribution in [2.75, 3.05) is 18.8 Å². The van der Waals surface area contributed by atoms with Gasteiger partial charge in [0.1, 0.15) is 0 Å². The number of benzene rings is 2. The van der Waals surface area contributed by atoms with E-state index < -0.39 is 20.0 Å². The molecule has 0 aromatic heterocycles. The smallest absolute Gasteiger partial charge is 0.262 e. The average Bonchev–Trinajstić information content (AvgIpc) is 2.54. The first-order valence-electron chi connectivity index (χ1n) is 8.42. The molecule has 27 heavy (non-hydrogen) atoms. The summed E-state index contributed by atoms with van der Waals surface area (Å²) in [6.45, 7) is 9.02. The number of nitrogens with one attached hydrogen (secondary N) is 1. The van der Waals surface area contributed by atoms with E-state index in [2.05, 4.69) is 4.72 Å². The second-order valence-electron chi connectivity index (χ2n) is 6.96. The molecule has 0 atom stereocenters. The van der Waals surface area contributed by atoms with E-state index in [-0.39, 0.29) is 15.5 Å². The number of anilines is 1. The third kappa shape index (κ3) is 4.02. The third-order valence-electron chi connectivity index (χ3n) is 4.80. The summed E-state index contributed by atoms with van der Waals surface area (Å²) in [5, 5.41) is 0. The van der Waals surface area contributed by atoms with Gasteiger partial charge in [-0.1, -0.05) is 12.1 Å². The highest BCUT2D eigenvalue weighted by molar-refractivity contribution is 7.92. The molecule has 0 amide bonds. The van der Waals surface area contributed by atoms with Crippen LogP contribution in [0.4, 0.5) is 5.69 Å². The highest BCUT2D eigenvalue weighted by Gasteiger charge is 2.24. The number of aryl methyl sites for hydroxylation is 3. The summed E-state index contributed by atoms with van der Waals surface area (Å²) in [7, 11) is -4.69. The molecular weight excluding hydrogens is 384 g/mol. The predicted octanol–water partition coefficient (Wildman–Crippen LogP) is 3.28. The van der Waals surface area contributed by atoms with Crippen molar-refractivity contribution < 1.29 is 16.8 Å². The fraction of sp³-hybridized carbons (Fsp3) is 0.368. The van der Waals surface area contributed by atoms with E-state index >= 15 is 0 Å². The van der Waals surface area contributed by atoms with Crippen molar-refractivity contribution >= 4 is 25.7 Å². The molecule has 8 heteroatoms. The fourth-order valence-corrected chi connectivity index (χ4v) is 5.53. The average molecular weight is 411 g/mol. The summed E-state index contributed by atoms with van der Waals surface area (Å²) in [4.78, 5) is 0.268. The van der Waals surface area contributed by atoms with Crippen LogP contribution in [0.25, 0.3) is 0 Å². The Morgan fingerprint density at radius 2 is 1.30 bits per heavy atom. The molecule has 0 radical (unpaired) electrons. The molecule has 2 rings (SSSR count). The molecule has 6 nitrogen and oxygen atoms in total. The molecule has 2 aromatic rings. The zero-order valence-corrected chi connectivity index (χ0v) is 18.3. The first-order valence-corrected chi connectivity index (χ1v) is 11.3. The number of sulfonamides is 2. The summed E-state index contributed by atoms with van der Waals surface area (Å²) in [5.41, 5.74) is 4.02. The molecule has 0 unspecified atom stereocenters. The summed E-state index contributed by atoms with van der Waals surface area (Å²) >= 11 is 0. The molecule has 148 valence electrons. The van der Waals surface area contributed by atoms with E-state index in [9.17, 15) is 16.8 Å². The fourth-order valence-electron chi connectivity index (χ4n) is 2.86. The van der Waals surface area contributed by atoms with Crippen LogP contribution in [0.1, 0.15) is 27.8 Å². The van der Waals surface area contributed by atoms with Gasteiger partial charge in [0.05, 0.1) is 15.5 Å². The Hall–Kier alpha value is -1.90. The van der Waals surface area contributed by atoms with Gasteiger partial charge in [0.15, 0.2) is 0 Å². The first kappa shape index (κ1) is 21.4. The maximum Gasteiger partial charge on any atom is 0.262 e. The third-order valence-corrected chi connectivity index (χ3v) is 8.25. The molecule has 0 bridgehead atoms. The zero-order valence-electron chi connectivity index (χ0n) is 16.7. The summed E-state index contributed by atoms with van der Waals surface area (Å²) in [6.07, 6.45) is 0. The topological polar surface area (TPSA) is 83.6 Å². The molecule has 1 N–H and O–H groups in total. The van der Waals surface area contributed by atoms with Gasteiger partial charge in [0.25, 0.3) is 10.0 Å². The van der Waals surface area contributed by atoms with Gasteiger partial charge in [-0.25, -0.2) is 21.1 Å². The largest absolute Gasteiger partial charge is 0.279 e. The van der Waals surface area contributed by atoms with Crippen molar-refractivity contribution in [2.45, 2.75) is 44.4 Å². The van der Waals surface area contributed by atoms with Gasteiger partial charge < -0.3 is 0 Å². The van der Waals surface area contributed by atoms with Crippen LogP contribution >= 0.6 is 0 Å². The van der Waals surface area contributed by atoms with E-state index in [1.165, 1.54) is 26.2 Å². The van der Waals surface area contributed by atoms with E-state index in [4.69, 9.17) is 0 Å². The first-order chi connectivity index (χ1) is 12.3. The van der Waals surface area contributed by atoms with E-state index in [1.54, 1.807) is 26.8 Å². The Morgan fingerprint density at radius 1 is 0.778 bits per heavy atom. The SMILES string of the molecule is Cc1ccc(S(=O)(=O)N(C)C)cc1NS(=O)(=O)c1c(C)c(C)cc(C)c1C. The van der Waals surface area contributed by atoms with E-state index in [0.717, 1.165) is 15.4 Å². The molecule has 0 spiro atoms. The van der Waals surface area contributed by atoms with Crippen LogP contribution in [0, 0.1) is 34.6 Å². The summed E-state index contributed by atoms with van der Waals surface area (Å²) in [6, 6.07) is 6.37. The maximum absolute atomic E-state index is 13.1. The maximum atomic E-state index is 13.1. The predicted molar refractivity (Wildman–Crippen MR) is 108 cm³/mol. The van der Waals surface area contributed by atoms with Gasteiger partial charge in [-0.3, -0.25) is 4.72 Å². The van der Waals surface area contributed by atoms with Gasteiger partial charge in [0, 0.05) is 14.1 Å². The molecular formula is C19H26N2O4S2. The minimum atomic E-state index is -3.88. The van der Waals surface area contributed by atoms with Crippen molar-refractivity contribution in [1.29, 1.82) is 0 Å². The van der Waals surface area contributed by atoms with Gasteiger partial charge in [-0.15, -0.1) is 0 Å². The Bertz CT molecular complexity index is 1080. The van der Waals surface area contributed by atoms with Crippen LogP contribution in [-0.2, 0) is 20.0 Å². The van der Waals surface area contributed by atoms with Crippen molar-refractivity contribution in [2.24, 2.45) is 0 Å². The highest BCUT2D eigenvalue weighted by Crippen LogP contribution is 2.30.